The number of H-pyrrole nitrogens is 2. The number of ether oxygens (including phenoxy) is 2. The van der Waals surface area contributed by atoms with Gasteiger partial charge in [0, 0.05) is 57.1 Å². The average molecular weight is 805 g/mol. The number of ketones is 1. The lowest BCUT2D eigenvalue weighted by Crippen LogP contribution is -2.37. The van der Waals surface area contributed by atoms with Crippen LogP contribution in [0.1, 0.15) is 133 Å². The van der Waals surface area contributed by atoms with E-state index in [1.165, 1.54) is 49.5 Å². The molecule has 4 N–H and O–H groups in total. The summed E-state index contributed by atoms with van der Waals surface area (Å²) in [7, 11) is 1.34. The van der Waals surface area contributed by atoms with Gasteiger partial charge in [-0.15, -0.1) is 0 Å². The third-order valence-electron chi connectivity index (χ3n) is 13.6. The van der Waals surface area contributed by atoms with E-state index >= 15 is 0 Å². The zero-order valence-electron chi connectivity index (χ0n) is 37.2. The number of methoxy groups -OCH3 is 1. The molecule has 2 aromatic heterocycles. The van der Waals surface area contributed by atoms with Gasteiger partial charge in [0.05, 0.1) is 19.1 Å². The lowest BCUT2D eigenvalue weighted by Gasteiger charge is -2.26. The molecule has 1 saturated heterocycles. The Bertz CT molecular complexity index is 2220. The van der Waals surface area contributed by atoms with Gasteiger partial charge in [-0.3, -0.25) is 14.4 Å². The highest BCUT2D eigenvalue weighted by Gasteiger charge is 2.55. The van der Waals surface area contributed by atoms with Gasteiger partial charge in [-0.2, -0.15) is 0 Å². The smallest absolute Gasteiger partial charge is 0.320 e. The Kier molecular flexibility index (Phi) is 13.8. The predicted octanol–water partition coefficient (Wildman–Crippen LogP) is 8.37. The van der Waals surface area contributed by atoms with Gasteiger partial charge >= 0.3 is 11.9 Å². The van der Waals surface area contributed by atoms with Crippen LogP contribution in [0.5, 0.6) is 0 Å². The monoisotopic (exact) mass is 805 g/mol. The molecular formula is C50H68N4O5. The highest BCUT2D eigenvalue weighted by Crippen LogP contribution is 2.49. The molecule has 5 heterocycles. The summed E-state index contributed by atoms with van der Waals surface area (Å²) in [6.07, 6.45) is 19.1. The molecule has 2 aromatic rings. The maximum Gasteiger partial charge on any atom is 0.320 e. The number of aromatic nitrogens is 2. The molecule has 3 aliphatic heterocycles. The topological polar surface area (TPSA) is 125 Å². The van der Waals surface area contributed by atoms with Crippen LogP contribution in [-0.4, -0.2) is 47.4 Å². The molecule has 0 radical (unpaired) electrons. The summed E-state index contributed by atoms with van der Waals surface area (Å²) >= 11 is 0. The van der Waals surface area contributed by atoms with Gasteiger partial charge in [0.1, 0.15) is 12.5 Å². The van der Waals surface area contributed by atoms with E-state index in [4.69, 9.17) is 9.47 Å². The lowest BCUT2D eigenvalue weighted by molar-refractivity contribution is -0.148. The summed E-state index contributed by atoms with van der Waals surface area (Å²) in [6, 6.07) is -0.412. The average Bonchev–Trinajstić information content (AvgIpc) is 3.94. The Balaban J connectivity index is 1.30. The first kappa shape index (κ1) is 43.8. The van der Waals surface area contributed by atoms with Gasteiger partial charge in [-0.05, 0) is 123 Å². The molecule has 0 amide bonds. The van der Waals surface area contributed by atoms with Crippen LogP contribution in [-0.2, 0) is 30.3 Å². The second kappa shape index (κ2) is 18.6. The molecule has 2 unspecified atom stereocenters. The fourth-order valence-electron chi connectivity index (χ4n) is 9.96. The maximum atomic E-state index is 14.4. The van der Waals surface area contributed by atoms with Crippen LogP contribution in [0.15, 0.2) is 46.5 Å². The van der Waals surface area contributed by atoms with Crippen molar-refractivity contribution in [2.45, 2.75) is 126 Å². The van der Waals surface area contributed by atoms with E-state index in [1.54, 1.807) is 0 Å². The van der Waals surface area contributed by atoms with E-state index in [0.29, 0.717) is 12.0 Å². The first-order valence-corrected chi connectivity index (χ1v) is 22.1. The number of hydrogen-bond donors (Lipinski definition) is 4. The summed E-state index contributed by atoms with van der Waals surface area (Å²) in [5, 5.41) is 9.42. The SMILES string of the molecule is C=Cc1c2[nH]c(c1C)/C=C1\NC(C3=C4NC(=C(C)C4C(=O)[C@@H]3C(=O)OC)/C=c3\[nH]/c(c(C)c3CC)=C\2)[C@@H](CCC(=O)OC/C=C(\C)CCC[C@H](C)CCCC(C)C)[C@@H]1C. The number of esters is 2. The number of Topliss-reactive ketones (excluding diaryl/α,β-unsaturated/α-hetero) is 1. The molecule has 0 saturated carbocycles. The summed E-state index contributed by atoms with van der Waals surface area (Å²) in [6.45, 7) is 24.0. The number of carbonyl (C=O) groups is 3. The number of carbonyl (C=O) groups excluding carboxylic acids is 3. The molecule has 318 valence electrons. The van der Waals surface area contributed by atoms with Crippen LogP contribution in [0.4, 0.5) is 0 Å². The number of aromatic amines is 2. The summed E-state index contributed by atoms with van der Waals surface area (Å²) in [4.78, 5) is 48.7. The van der Waals surface area contributed by atoms with Crippen molar-refractivity contribution in [1.82, 2.24) is 20.6 Å². The normalized spacial score (nSPS) is 24.9. The summed E-state index contributed by atoms with van der Waals surface area (Å²) in [5.41, 5.74) is 11.7. The van der Waals surface area contributed by atoms with Crippen LogP contribution in [0, 0.1) is 49.4 Å². The third kappa shape index (κ3) is 9.04. The molecule has 9 nitrogen and oxygen atoms in total. The quantitative estimate of drug-likeness (QED) is 0.0764. The lowest BCUT2D eigenvalue weighted by atomic mass is 9.80. The zero-order chi connectivity index (χ0) is 42.7. The maximum absolute atomic E-state index is 14.4. The van der Waals surface area contributed by atoms with Gasteiger partial charge in [0.25, 0.3) is 0 Å². The Hall–Kier alpha value is -4.79. The zero-order valence-corrected chi connectivity index (χ0v) is 37.2. The van der Waals surface area contributed by atoms with Crippen LogP contribution >= 0.6 is 0 Å². The van der Waals surface area contributed by atoms with Gasteiger partial charge in [-0.1, -0.05) is 78.5 Å². The molecule has 6 rings (SSSR count). The minimum atomic E-state index is -1.07. The highest BCUT2D eigenvalue weighted by molar-refractivity contribution is 6.09. The molecule has 59 heavy (non-hydrogen) atoms. The summed E-state index contributed by atoms with van der Waals surface area (Å²) in [5.74, 6) is -1.33. The van der Waals surface area contributed by atoms with E-state index in [2.05, 4.69) is 101 Å². The number of rotatable bonds is 16. The number of allylic oxidation sites excluding steroid dienone is 4. The van der Waals surface area contributed by atoms with Crippen molar-refractivity contribution < 1.29 is 23.9 Å². The number of fused-ring (bicyclic) bond motifs is 8. The summed E-state index contributed by atoms with van der Waals surface area (Å²) < 4.78 is 11.1. The van der Waals surface area contributed by atoms with Crippen LogP contribution in [0.3, 0.4) is 0 Å². The number of hydrogen-bond acceptors (Lipinski definition) is 7. The Morgan fingerprint density at radius 2 is 1.69 bits per heavy atom. The molecular weight excluding hydrogens is 737 g/mol. The molecule has 0 aromatic carbocycles. The molecule has 4 aliphatic rings. The van der Waals surface area contributed by atoms with Crippen molar-refractivity contribution >= 4 is 42.0 Å². The van der Waals surface area contributed by atoms with Gasteiger partial charge in [0.15, 0.2) is 5.78 Å². The molecule has 9 heteroatoms. The Morgan fingerprint density at radius 3 is 2.39 bits per heavy atom. The van der Waals surface area contributed by atoms with Gasteiger partial charge in [-0.25, -0.2) is 0 Å². The molecule has 1 aliphatic carbocycles. The second-order valence-electron chi connectivity index (χ2n) is 18.0. The largest absolute Gasteiger partial charge is 0.468 e. The van der Waals surface area contributed by atoms with Crippen molar-refractivity contribution in [2.75, 3.05) is 13.7 Å². The standard InChI is InChI=1S/C50H68N4O5/c1-12-34-30(7)37-24-39-32(9)36(20-21-43(55)59-23-22-29(6)19-15-18-28(5)17-14-16-27(3)4)47(53-39)45-46(50(57)58-11)49(56)44-33(10)40(54-48(44)45)26-42-35(13-2)31(8)38(52-42)25-41(34)51-37/h12,22,24-28,32,36,44,46-47,51-54H,1,13-21,23H2,2-11H3/b29-22+,38-25-,39-24-,42-26-/t28-,32+,36+,44?,46-,47?/m1/s1. The second-order valence-corrected chi connectivity index (χ2v) is 18.0. The Labute approximate surface area is 351 Å². The first-order chi connectivity index (χ1) is 28.2. The molecule has 1 fully saturated rings. The first-order valence-electron chi connectivity index (χ1n) is 22.1. The molecule has 6 atom stereocenters. The predicted molar refractivity (Wildman–Crippen MR) is 238 cm³/mol. The van der Waals surface area contributed by atoms with Crippen molar-refractivity contribution in [2.24, 2.45) is 35.5 Å². The van der Waals surface area contributed by atoms with E-state index in [0.717, 1.165) is 87.0 Å². The minimum Gasteiger partial charge on any atom is -0.468 e. The van der Waals surface area contributed by atoms with E-state index in [-0.39, 0.29) is 36.6 Å². The molecule has 0 spiro atoms. The van der Waals surface area contributed by atoms with E-state index < -0.39 is 23.8 Å². The minimum absolute atomic E-state index is 0.0392. The van der Waals surface area contributed by atoms with Crippen molar-refractivity contribution in [3.63, 3.8) is 0 Å². The van der Waals surface area contributed by atoms with Gasteiger partial charge < -0.3 is 30.1 Å². The van der Waals surface area contributed by atoms with E-state index in [9.17, 15) is 14.4 Å². The fourth-order valence-corrected chi connectivity index (χ4v) is 9.96. The van der Waals surface area contributed by atoms with Crippen molar-refractivity contribution in [3.05, 3.63) is 90.8 Å². The van der Waals surface area contributed by atoms with Crippen LogP contribution in [0.25, 0.3) is 24.3 Å². The highest BCUT2D eigenvalue weighted by atomic mass is 16.5. The fraction of sp³-hybridized carbons (Fsp3) is 0.540. The van der Waals surface area contributed by atoms with Crippen LogP contribution in [0.2, 0.25) is 0 Å². The number of nitrogens with one attached hydrogen (secondary N) is 4. The van der Waals surface area contributed by atoms with Crippen LogP contribution < -0.4 is 21.3 Å². The van der Waals surface area contributed by atoms with Crippen molar-refractivity contribution in [3.8, 4) is 0 Å². The third-order valence-corrected chi connectivity index (χ3v) is 13.6. The van der Waals surface area contributed by atoms with Gasteiger partial charge in [0.2, 0.25) is 0 Å². The Morgan fingerprint density at radius 1 is 0.949 bits per heavy atom. The van der Waals surface area contributed by atoms with Crippen molar-refractivity contribution in [1.29, 1.82) is 0 Å². The van der Waals surface area contributed by atoms with E-state index in [1.807, 2.05) is 19.1 Å². The molecule has 8 bridgehead atoms.